The molecule has 0 aliphatic carbocycles. The molecule has 1 atom stereocenters. The van der Waals surface area contributed by atoms with Crippen molar-refractivity contribution in [2.45, 2.75) is 6.41 Å². The standard InChI is InChI=1S/C3H6NO2/c5-3-4-1-2-6-3/h2-5H,1H2. The van der Waals surface area contributed by atoms with Crippen molar-refractivity contribution in [3.05, 3.63) is 6.61 Å². The molecule has 1 aliphatic rings. The molecular weight excluding hydrogens is 82.0 g/mol. The van der Waals surface area contributed by atoms with Crippen molar-refractivity contribution >= 4 is 0 Å². The van der Waals surface area contributed by atoms with Crippen molar-refractivity contribution < 1.29 is 9.84 Å². The molecule has 35 valence electrons. The molecule has 0 amide bonds. The largest absolute Gasteiger partial charge is 0.356 e. The summed E-state index contributed by atoms with van der Waals surface area (Å²) in [4.78, 5) is 0. The van der Waals surface area contributed by atoms with Crippen LogP contribution in [0.2, 0.25) is 0 Å². The predicted molar refractivity (Wildman–Crippen MR) is 19.4 cm³/mol. The Morgan fingerprint density at radius 1 is 2.00 bits per heavy atom. The van der Waals surface area contributed by atoms with Crippen LogP contribution in [0.25, 0.3) is 0 Å². The first-order valence-corrected chi connectivity index (χ1v) is 1.78. The SMILES string of the molecule is OC1NC[CH]O1. The third-order valence-electron chi connectivity index (χ3n) is 0.601. The van der Waals surface area contributed by atoms with E-state index in [0.29, 0.717) is 6.54 Å². The third-order valence-corrected chi connectivity index (χ3v) is 0.601. The maximum atomic E-state index is 8.36. The Balaban J connectivity index is 2.18. The van der Waals surface area contributed by atoms with Gasteiger partial charge in [0.1, 0.15) is 6.61 Å². The van der Waals surface area contributed by atoms with Crippen molar-refractivity contribution in [2.75, 3.05) is 6.54 Å². The molecule has 0 aromatic carbocycles. The van der Waals surface area contributed by atoms with E-state index in [1.165, 1.54) is 6.61 Å². The average Bonchev–Trinajstić information content (AvgIpc) is 1.86. The Labute approximate surface area is 35.9 Å². The highest BCUT2D eigenvalue weighted by atomic mass is 16.6. The molecule has 1 saturated heterocycles. The first kappa shape index (κ1) is 4.05. The number of aliphatic hydroxyl groups excluding tert-OH is 1. The van der Waals surface area contributed by atoms with Crippen molar-refractivity contribution in [3.63, 3.8) is 0 Å². The fraction of sp³-hybridized carbons (Fsp3) is 0.667. The molecule has 0 aromatic heterocycles. The topological polar surface area (TPSA) is 41.5 Å². The van der Waals surface area contributed by atoms with Crippen LogP contribution in [0.4, 0.5) is 0 Å². The van der Waals surface area contributed by atoms with Crippen LogP contribution in [-0.2, 0) is 4.74 Å². The Bertz CT molecular complexity index is 42.1. The van der Waals surface area contributed by atoms with Gasteiger partial charge in [-0.3, -0.25) is 5.32 Å². The van der Waals surface area contributed by atoms with Gasteiger partial charge in [-0.15, -0.1) is 0 Å². The van der Waals surface area contributed by atoms with Crippen LogP contribution in [0, 0.1) is 6.61 Å². The van der Waals surface area contributed by atoms with Gasteiger partial charge in [0.15, 0.2) is 0 Å². The number of hydrogen-bond donors (Lipinski definition) is 2. The molecule has 1 rings (SSSR count). The van der Waals surface area contributed by atoms with E-state index in [-0.39, 0.29) is 0 Å². The van der Waals surface area contributed by atoms with Gasteiger partial charge in [0.2, 0.25) is 6.41 Å². The number of aliphatic hydroxyl groups is 1. The summed E-state index contributed by atoms with van der Waals surface area (Å²) in [6.07, 6.45) is -0.759. The molecule has 0 bridgehead atoms. The third kappa shape index (κ3) is 0.680. The maximum absolute atomic E-state index is 8.36. The van der Waals surface area contributed by atoms with E-state index in [1.807, 2.05) is 0 Å². The Hall–Kier alpha value is -0.120. The summed E-state index contributed by atoms with van der Waals surface area (Å²) in [5, 5.41) is 11.0. The number of hydrogen-bond acceptors (Lipinski definition) is 3. The highest BCUT2D eigenvalue weighted by molar-refractivity contribution is 4.61. The Morgan fingerprint density at radius 3 is 3.00 bits per heavy atom. The van der Waals surface area contributed by atoms with Crippen LogP contribution in [0.15, 0.2) is 0 Å². The molecule has 0 spiro atoms. The number of rotatable bonds is 0. The quantitative estimate of drug-likeness (QED) is 0.401. The molecule has 6 heavy (non-hydrogen) atoms. The summed E-state index contributed by atoms with van der Waals surface area (Å²) in [6.45, 7) is 2.16. The second-order valence-electron chi connectivity index (χ2n) is 1.06. The lowest BCUT2D eigenvalue weighted by Crippen LogP contribution is -2.20. The van der Waals surface area contributed by atoms with E-state index in [0.717, 1.165) is 0 Å². The van der Waals surface area contributed by atoms with Gasteiger partial charge in [-0.25, -0.2) is 0 Å². The van der Waals surface area contributed by atoms with Gasteiger partial charge in [-0.2, -0.15) is 0 Å². The fourth-order valence-electron chi connectivity index (χ4n) is 0.336. The molecule has 3 nitrogen and oxygen atoms in total. The van der Waals surface area contributed by atoms with Gasteiger partial charge < -0.3 is 9.84 Å². The molecule has 1 fully saturated rings. The summed E-state index contributed by atoms with van der Waals surface area (Å²) in [7, 11) is 0. The monoisotopic (exact) mass is 88.0 g/mol. The smallest absolute Gasteiger partial charge is 0.213 e. The van der Waals surface area contributed by atoms with Gasteiger partial charge >= 0.3 is 0 Å². The molecule has 3 heteroatoms. The Morgan fingerprint density at radius 2 is 2.83 bits per heavy atom. The van der Waals surface area contributed by atoms with Crippen molar-refractivity contribution in [1.82, 2.24) is 5.32 Å². The van der Waals surface area contributed by atoms with Crippen molar-refractivity contribution in [1.29, 1.82) is 0 Å². The normalized spacial score (nSPS) is 34.5. The second-order valence-corrected chi connectivity index (χ2v) is 1.06. The lowest BCUT2D eigenvalue weighted by atomic mass is 10.7. The van der Waals surface area contributed by atoms with E-state index >= 15 is 0 Å². The molecule has 1 aliphatic heterocycles. The number of nitrogens with one attached hydrogen (secondary N) is 1. The molecule has 1 unspecified atom stereocenters. The molecule has 1 radical (unpaired) electrons. The van der Waals surface area contributed by atoms with Gasteiger partial charge in [-0.05, 0) is 0 Å². The van der Waals surface area contributed by atoms with E-state index in [9.17, 15) is 0 Å². The second kappa shape index (κ2) is 1.55. The van der Waals surface area contributed by atoms with Gasteiger partial charge in [-0.1, -0.05) is 0 Å². The van der Waals surface area contributed by atoms with E-state index < -0.39 is 6.41 Å². The Kier molecular flexibility index (Phi) is 1.05. The zero-order valence-corrected chi connectivity index (χ0v) is 3.22. The minimum Gasteiger partial charge on any atom is -0.356 e. The fourth-order valence-corrected chi connectivity index (χ4v) is 0.336. The van der Waals surface area contributed by atoms with E-state index in [4.69, 9.17) is 5.11 Å². The molecule has 2 N–H and O–H groups in total. The zero-order valence-electron chi connectivity index (χ0n) is 3.22. The van der Waals surface area contributed by atoms with Crippen LogP contribution >= 0.6 is 0 Å². The summed E-state index contributed by atoms with van der Waals surface area (Å²) >= 11 is 0. The maximum Gasteiger partial charge on any atom is 0.213 e. The lowest BCUT2D eigenvalue weighted by Gasteiger charge is -1.94. The molecule has 0 saturated carbocycles. The highest BCUT2D eigenvalue weighted by Crippen LogP contribution is 1.92. The minimum absolute atomic E-state index is 0.640. The summed E-state index contributed by atoms with van der Waals surface area (Å²) in [6, 6.07) is 0. The molecular formula is C3H6NO2. The van der Waals surface area contributed by atoms with Crippen LogP contribution < -0.4 is 5.32 Å². The van der Waals surface area contributed by atoms with Crippen LogP contribution in [-0.4, -0.2) is 18.1 Å². The zero-order chi connectivity index (χ0) is 4.41. The lowest BCUT2D eigenvalue weighted by molar-refractivity contribution is -0.0538. The summed E-state index contributed by atoms with van der Waals surface area (Å²) in [5.41, 5.74) is 0. The van der Waals surface area contributed by atoms with E-state index in [2.05, 4.69) is 10.1 Å². The summed E-state index contributed by atoms with van der Waals surface area (Å²) in [5.74, 6) is 0. The first-order valence-electron chi connectivity index (χ1n) is 1.78. The molecule has 1 heterocycles. The van der Waals surface area contributed by atoms with Gasteiger partial charge in [0.05, 0.1) is 0 Å². The average molecular weight is 88.1 g/mol. The van der Waals surface area contributed by atoms with Crippen LogP contribution in [0.3, 0.4) is 0 Å². The van der Waals surface area contributed by atoms with Gasteiger partial charge in [0.25, 0.3) is 0 Å². The predicted octanol–water partition coefficient (Wildman–Crippen LogP) is -0.956. The van der Waals surface area contributed by atoms with Crippen LogP contribution in [0.5, 0.6) is 0 Å². The van der Waals surface area contributed by atoms with E-state index in [1.54, 1.807) is 0 Å². The van der Waals surface area contributed by atoms with Crippen molar-refractivity contribution in [3.8, 4) is 0 Å². The highest BCUT2D eigenvalue weighted by Gasteiger charge is 2.08. The summed E-state index contributed by atoms with van der Waals surface area (Å²) < 4.78 is 4.47. The molecule has 0 aromatic rings. The van der Waals surface area contributed by atoms with Crippen molar-refractivity contribution in [2.24, 2.45) is 0 Å². The van der Waals surface area contributed by atoms with Crippen LogP contribution in [0.1, 0.15) is 0 Å². The minimum atomic E-state index is -0.759. The number of ether oxygens (including phenoxy) is 1. The van der Waals surface area contributed by atoms with Gasteiger partial charge in [0, 0.05) is 6.54 Å². The first-order chi connectivity index (χ1) is 2.89.